The van der Waals surface area contributed by atoms with Crippen molar-refractivity contribution < 1.29 is 9.90 Å². The van der Waals surface area contributed by atoms with Gasteiger partial charge in [-0.3, -0.25) is 4.79 Å². The molecule has 1 aliphatic rings. The fraction of sp³-hybridized carbons (Fsp3) is 0.562. The maximum atomic E-state index is 12.2. The summed E-state index contributed by atoms with van der Waals surface area (Å²) in [5, 5.41) is 13.1. The number of aliphatic hydroxyl groups excluding tert-OH is 1. The average Bonchev–Trinajstić information content (AvgIpc) is 2.75. The summed E-state index contributed by atoms with van der Waals surface area (Å²) in [6.45, 7) is 4.08. The maximum absolute atomic E-state index is 12.2. The number of unbranched alkanes of at least 4 members (excludes halogenated alkanes) is 1. The Bertz CT molecular complexity index is 464. The number of hydrogen-bond acceptors (Lipinski definition) is 3. The molecule has 110 valence electrons. The van der Waals surface area contributed by atoms with Gasteiger partial charge in [-0.1, -0.05) is 37.6 Å². The summed E-state index contributed by atoms with van der Waals surface area (Å²) < 4.78 is 0. The summed E-state index contributed by atoms with van der Waals surface area (Å²) in [4.78, 5) is 12.2. The van der Waals surface area contributed by atoms with Gasteiger partial charge in [0.05, 0.1) is 17.4 Å². The van der Waals surface area contributed by atoms with Crippen LogP contribution in [0.25, 0.3) is 0 Å². The van der Waals surface area contributed by atoms with E-state index in [9.17, 15) is 9.90 Å². The second-order valence-electron chi connectivity index (χ2n) is 5.32. The number of nitrogens with one attached hydrogen (secondary N) is 1. The van der Waals surface area contributed by atoms with E-state index in [-0.39, 0.29) is 17.2 Å². The zero-order valence-electron chi connectivity index (χ0n) is 12.1. The molecule has 0 aliphatic heterocycles. The Morgan fingerprint density at radius 2 is 2.25 bits per heavy atom. The number of thioether (sulfide) groups is 1. The summed E-state index contributed by atoms with van der Waals surface area (Å²) in [7, 11) is 0. The SMILES string of the molecule is CCCCSC(C)C(=O)NC1c2ccccc2CC1O. The molecule has 0 heterocycles. The molecule has 0 aromatic heterocycles. The van der Waals surface area contributed by atoms with Crippen LogP contribution >= 0.6 is 11.8 Å². The minimum atomic E-state index is -0.510. The van der Waals surface area contributed by atoms with Crippen molar-refractivity contribution >= 4 is 17.7 Å². The number of rotatable bonds is 6. The van der Waals surface area contributed by atoms with E-state index in [2.05, 4.69) is 12.2 Å². The Morgan fingerprint density at radius 1 is 1.50 bits per heavy atom. The molecule has 0 fully saturated rings. The number of amides is 1. The first kappa shape index (κ1) is 15.4. The lowest BCUT2D eigenvalue weighted by Gasteiger charge is -2.20. The van der Waals surface area contributed by atoms with Crippen LogP contribution in [0.2, 0.25) is 0 Å². The van der Waals surface area contributed by atoms with Gasteiger partial charge in [0.2, 0.25) is 5.91 Å². The lowest BCUT2D eigenvalue weighted by Crippen LogP contribution is -2.38. The minimum absolute atomic E-state index is 0.0202. The summed E-state index contributed by atoms with van der Waals surface area (Å²) in [6, 6.07) is 7.68. The Hall–Kier alpha value is -1.00. The fourth-order valence-electron chi connectivity index (χ4n) is 2.50. The third-order valence-electron chi connectivity index (χ3n) is 3.74. The van der Waals surface area contributed by atoms with E-state index >= 15 is 0 Å². The number of aliphatic hydroxyl groups is 1. The van der Waals surface area contributed by atoms with Crippen LogP contribution in [0.15, 0.2) is 24.3 Å². The molecule has 3 atom stereocenters. The van der Waals surface area contributed by atoms with Gasteiger partial charge in [0.15, 0.2) is 0 Å². The van der Waals surface area contributed by atoms with Gasteiger partial charge in [-0.25, -0.2) is 0 Å². The van der Waals surface area contributed by atoms with Crippen LogP contribution in [0.5, 0.6) is 0 Å². The molecule has 3 unspecified atom stereocenters. The first-order valence-electron chi connectivity index (χ1n) is 7.31. The molecule has 0 saturated heterocycles. The zero-order chi connectivity index (χ0) is 14.5. The molecular weight excluding hydrogens is 270 g/mol. The van der Waals surface area contributed by atoms with E-state index in [1.165, 1.54) is 0 Å². The fourth-order valence-corrected chi connectivity index (χ4v) is 3.53. The zero-order valence-corrected chi connectivity index (χ0v) is 13.0. The highest BCUT2D eigenvalue weighted by Crippen LogP contribution is 2.31. The predicted molar refractivity (Wildman–Crippen MR) is 83.9 cm³/mol. The highest BCUT2D eigenvalue weighted by atomic mass is 32.2. The number of hydrogen-bond donors (Lipinski definition) is 2. The molecule has 2 N–H and O–H groups in total. The molecule has 1 aromatic rings. The molecule has 0 spiro atoms. The van der Waals surface area contributed by atoms with Gasteiger partial charge in [-0.05, 0) is 30.2 Å². The highest BCUT2D eigenvalue weighted by molar-refractivity contribution is 8.00. The van der Waals surface area contributed by atoms with Crippen molar-refractivity contribution in [1.29, 1.82) is 0 Å². The Balaban J connectivity index is 1.94. The lowest BCUT2D eigenvalue weighted by atomic mass is 10.1. The number of carbonyl (C=O) groups excluding carboxylic acids is 1. The van der Waals surface area contributed by atoms with Crippen molar-refractivity contribution in [2.75, 3.05) is 5.75 Å². The molecule has 1 aromatic carbocycles. The van der Waals surface area contributed by atoms with Gasteiger partial charge >= 0.3 is 0 Å². The van der Waals surface area contributed by atoms with Gasteiger partial charge in [0, 0.05) is 6.42 Å². The van der Waals surface area contributed by atoms with E-state index in [1.54, 1.807) is 11.8 Å². The monoisotopic (exact) mass is 293 g/mol. The lowest BCUT2D eigenvalue weighted by molar-refractivity contribution is -0.121. The third-order valence-corrected chi connectivity index (χ3v) is 4.98. The van der Waals surface area contributed by atoms with Crippen molar-refractivity contribution in [3.05, 3.63) is 35.4 Å². The largest absolute Gasteiger partial charge is 0.390 e. The number of fused-ring (bicyclic) bond motifs is 1. The topological polar surface area (TPSA) is 49.3 Å². The van der Waals surface area contributed by atoms with Crippen LogP contribution in [0, 0.1) is 0 Å². The van der Waals surface area contributed by atoms with Crippen LogP contribution in [0.1, 0.15) is 43.9 Å². The van der Waals surface area contributed by atoms with E-state index < -0.39 is 6.10 Å². The normalized spacial score (nSPS) is 22.4. The summed E-state index contributed by atoms with van der Waals surface area (Å²) >= 11 is 1.68. The second kappa shape index (κ2) is 7.14. The molecule has 0 radical (unpaired) electrons. The van der Waals surface area contributed by atoms with E-state index in [0.29, 0.717) is 6.42 Å². The summed E-state index contributed by atoms with van der Waals surface area (Å²) in [5.41, 5.74) is 2.19. The standard InChI is InChI=1S/C16H23NO2S/c1-3-4-9-20-11(2)16(19)17-15-13-8-6-5-7-12(13)10-14(15)18/h5-8,11,14-15,18H,3-4,9-10H2,1-2H3,(H,17,19). The molecular formula is C16H23NO2S. The van der Waals surface area contributed by atoms with Gasteiger partial charge in [0.25, 0.3) is 0 Å². The summed E-state index contributed by atoms with van der Waals surface area (Å²) in [5.74, 6) is 1.03. The smallest absolute Gasteiger partial charge is 0.233 e. The quantitative estimate of drug-likeness (QED) is 0.793. The van der Waals surface area contributed by atoms with Gasteiger partial charge in [-0.2, -0.15) is 0 Å². The third kappa shape index (κ3) is 3.55. The number of carbonyl (C=O) groups is 1. The van der Waals surface area contributed by atoms with Crippen LogP contribution in [-0.4, -0.2) is 28.1 Å². The van der Waals surface area contributed by atoms with Crippen molar-refractivity contribution in [3.63, 3.8) is 0 Å². The molecule has 4 heteroatoms. The van der Waals surface area contributed by atoms with E-state index in [1.807, 2.05) is 31.2 Å². The van der Waals surface area contributed by atoms with Crippen molar-refractivity contribution in [3.8, 4) is 0 Å². The van der Waals surface area contributed by atoms with Crippen LogP contribution in [-0.2, 0) is 11.2 Å². The van der Waals surface area contributed by atoms with Gasteiger partial charge < -0.3 is 10.4 Å². The molecule has 20 heavy (non-hydrogen) atoms. The first-order chi connectivity index (χ1) is 9.63. The van der Waals surface area contributed by atoms with Crippen LogP contribution in [0.3, 0.4) is 0 Å². The van der Waals surface area contributed by atoms with Crippen LogP contribution in [0.4, 0.5) is 0 Å². The predicted octanol–water partition coefficient (Wildman–Crippen LogP) is 2.68. The molecule has 1 aliphatic carbocycles. The Labute approximate surface area is 125 Å². The van der Waals surface area contributed by atoms with Gasteiger partial charge in [-0.15, -0.1) is 11.8 Å². The van der Waals surface area contributed by atoms with E-state index in [0.717, 1.165) is 29.7 Å². The molecule has 3 nitrogen and oxygen atoms in total. The average molecular weight is 293 g/mol. The van der Waals surface area contributed by atoms with Crippen LogP contribution < -0.4 is 5.32 Å². The molecule has 0 bridgehead atoms. The van der Waals surface area contributed by atoms with Crippen molar-refractivity contribution in [1.82, 2.24) is 5.32 Å². The number of benzene rings is 1. The first-order valence-corrected chi connectivity index (χ1v) is 8.36. The maximum Gasteiger partial charge on any atom is 0.233 e. The Kier molecular flexibility index (Phi) is 5.49. The Morgan fingerprint density at radius 3 is 3.00 bits per heavy atom. The molecule has 1 amide bonds. The minimum Gasteiger partial charge on any atom is -0.390 e. The molecule has 0 saturated carbocycles. The molecule has 2 rings (SSSR count). The van der Waals surface area contributed by atoms with Crippen molar-refractivity contribution in [2.24, 2.45) is 0 Å². The summed E-state index contributed by atoms with van der Waals surface area (Å²) in [6.07, 6.45) is 2.40. The van der Waals surface area contributed by atoms with Gasteiger partial charge in [0.1, 0.15) is 0 Å². The van der Waals surface area contributed by atoms with Crippen molar-refractivity contribution in [2.45, 2.75) is 50.5 Å². The highest BCUT2D eigenvalue weighted by Gasteiger charge is 2.32. The van der Waals surface area contributed by atoms with E-state index in [4.69, 9.17) is 0 Å². The second-order valence-corrected chi connectivity index (χ2v) is 6.77.